The Labute approximate surface area is 234 Å². The Morgan fingerprint density at radius 3 is 2.21 bits per heavy atom. The van der Waals surface area contributed by atoms with E-state index >= 15 is 0 Å². The molecule has 0 saturated carbocycles. The summed E-state index contributed by atoms with van der Waals surface area (Å²) >= 11 is 6.30. The fourth-order valence-corrected chi connectivity index (χ4v) is 7.36. The summed E-state index contributed by atoms with van der Waals surface area (Å²) in [7, 11) is -6.53. The molecular formula is C27H30ClN3O6S2. The SMILES string of the molecule is COc1ccc(S(=O)(=O)N2CCCC2)cc1NC(=O)CN(c1ccc(C)c(Cl)c1)S(=O)(=O)c1ccc(C)cc1. The van der Waals surface area contributed by atoms with Gasteiger partial charge >= 0.3 is 0 Å². The van der Waals surface area contributed by atoms with E-state index in [9.17, 15) is 21.6 Å². The fraction of sp³-hybridized carbons (Fsp3) is 0.296. The van der Waals surface area contributed by atoms with Gasteiger partial charge in [-0.3, -0.25) is 9.10 Å². The van der Waals surface area contributed by atoms with Crippen LogP contribution in [0.25, 0.3) is 0 Å². The van der Waals surface area contributed by atoms with Gasteiger partial charge in [-0.2, -0.15) is 4.31 Å². The number of aryl methyl sites for hydroxylation is 2. The third-order valence-corrected chi connectivity index (χ3v) is 10.6. The van der Waals surface area contributed by atoms with Crippen LogP contribution in [-0.4, -0.2) is 53.8 Å². The van der Waals surface area contributed by atoms with Crippen molar-refractivity contribution in [3.8, 4) is 5.75 Å². The zero-order valence-electron chi connectivity index (χ0n) is 21.8. The first kappa shape index (κ1) is 28.9. The van der Waals surface area contributed by atoms with Crippen LogP contribution in [0.4, 0.5) is 11.4 Å². The number of carbonyl (C=O) groups excluding carboxylic acids is 1. The lowest BCUT2D eigenvalue weighted by molar-refractivity contribution is -0.114. The standard InChI is InChI=1S/C27H30ClN3O6S2/c1-19-6-10-22(11-7-19)39(35,36)31(21-9-8-20(2)24(28)16-21)18-27(32)29-25-17-23(12-13-26(25)37-3)38(33,34)30-14-4-5-15-30/h6-13,16-17H,4-5,14-15,18H2,1-3H3,(H,29,32). The molecule has 1 aliphatic rings. The predicted octanol–water partition coefficient (Wildman–Crippen LogP) is 4.58. The van der Waals surface area contributed by atoms with Gasteiger partial charge in [-0.15, -0.1) is 0 Å². The van der Waals surface area contributed by atoms with Crippen LogP contribution in [0.15, 0.2) is 70.5 Å². The highest BCUT2D eigenvalue weighted by Crippen LogP contribution is 2.31. The van der Waals surface area contributed by atoms with Crippen molar-refractivity contribution in [2.24, 2.45) is 0 Å². The van der Waals surface area contributed by atoms with Crippen molar-refractivity contribution in [1.29, 1.82) is 0 Å². The van der Waals surface area contributed by atoms with E-state index in [0.717, 1.165) is 28.3 Å². The monoisotopic (exact) mass is 591 g/mol. The van der Waals surface area contributed by atoms with Crippen molar-refractivity contribution >= 4 is 48.9 Å². The number of amides is 1. The zero-order chi connectivity index (χ0) is 28.4. The van der Waals surface area contributed by atoms with Crippen molar-refractivity contribution in [1.82, 2.24) is 4.31 Å². The summed E-state index contributed by atoms with van der Waals surface area (Å²) in [4.78, 5) is 13.3. The first-order valence-corrected chi connectivity index (χ1v) is 15.5. The van der Waals surface area contributed by atoms with Crippen LogP contribution in [0.1, 0.15) is 24.0 Å². The minimum absolute atomic E-state index is 0.00822. The second-order valence-electron chi connectivity index (χ2n) is 9.28. The van der Waals surface area contributed by atoms with Gasteiger partial charge in [0, 0.05) is 18.1 Å². The molecule has 1 aliphatic heterocycles. The number of nitrogens with one attached hydrogen (secondary N) is 1. The number of sulfonamides is 2. The molecule has 1 N–H and O–H groups in total. The van der Waals surface area contributed by atoms with E-state index in [2.05, 4.69) is 5.32 Å². The Bertz CT molecular complexity index is 1590. The summed E-state index contributed by atoms with van der Waals surface area (Å²) in [6, 6.07) is 15.2. The van der Waals surface area contributed by atoms with Crippen molar-refractivity contribution in [3.63, 3.8) is 0 Å². The van der Waals surface area contributed by atoms with Crippen LogP contribution in [0, 0.1) is 13.8 Å². The molecule has 3 aromatic rings. The van der Waals surface area contributed by atoms with Gasteiger partial charge in [0.05, 0.1) is 28.3 Å². The maximum absolute atomic E-state index is 13.7. The van der Waals surface area contributed by atoms with Gasteiger partial charge in [0.2, 0.25) is 15.9 Å². The molecule has 0 radical (unpaired) electrons. The molecule has 0 aliphatic carbocycles. The number of hydrogen-bond acceptors (Lipinski definition) is 6. The van der Waals surface area contributed by atoms with Crippen molar-refractivity contribution in [2.45, 2.75) is 36.5 Å². The van der Waals surface area contributed by atoms with Crippen LogP contribution in [0.5, 0.6) is 5.75 Å². The lowest BCUT2D eigenvalue weighted by Crippen LogP contribution is -2.38. The maximum atomic E-state index is 13.7. The summed E-state index contributed by atoms with van der Waals surface area (Å²) < 4.78 is 61.2. The lowest BCUT2D eigenvalue weighted by atomic mass is 10.2. The molecule has 0 aromatic heterocycles. The number of hydrogen-bond donors (Lipinski definition) is 1. The maximum Gasteiger partial charge on any atom is 0.264 e. The normalized spacial score (nSPS) is 14.3. The number of anilines is 2. The number of nitrogens with zero attached hydrogens (tertiary/aromatic N) is 2. The van der Waals surface area contributed by atoms with Crippen LogP contribution in [0.2, 0.25) is 5.02 Å². The first-order valence-electron chi connectivity index (χ1n) is 12.3. The third-order valence-electron chi connectivity index (χ3n) is 6.49. The summed E-state index contributed by atoms with van der Waals surface area (Å²) in [6.07, 6.45) is 1.57. The number of ether oxygens (including phenoxy) is 1. The molecule has 1 amide bonds. The number of carbonyl (C=O) groups is 1. The van der Waals surface area contributed by atoms with Gasteiger partial charge in [0.15, 0.2) is 0 Å². The van der Waals surface area contributed by atoms with E-state index in [1.807, 2.05) is 6.92 Å². The fourth-order valence-electron chi connectivity index (χ4n) is 4.23. The first-order chi connectivity index (χ1) is 18.4. The average Bonchev–Trinajstić information content (AvgIpc) is 3.45. The molecule has 39 heavy (non-hydrogen) atoms. The van der Waals surface area contributed by atoms with E-state index in [4.69, 9.17) is 16.3 Å². The molecular weight excluding hydrogens is 562 g/mol. The largest absolute Gasteiger partial charge is 0.495 e. The molecule has 3 aromatic carbocycles. The molecule has 0 atom stereocenters. The summed E-state index contributed by atoms with van der Waals surface area (Å²) in [5.41, 5.74) is 1.95. The van der Waals surface area contributed by atoms with E-state index in [1.54, 1.807) is 31.2 Å². The van der Waals surface area contributed by atoms with Gasteiger partial charge in [-0.25, -0.2) is 16.8 Å². The average molecular weight is 592 g/mol. The van der Waals surface area contributed by atoms with Crippen LogP contribution in [0.3, 0.4) is 0 Å². The molecule has 208 valence electrons. The van der Waals surface area contributed by atoms with Crippen molar-refractivity contribution in [3.05, 3.63) is 76.8 Å². The number of halogens is 1. The quantitative estimate of drug-likeness (QED) is 0.390. The Morgan fingerprint density at radius 1 is 0.949 bits per heavy atom. The van der Waals surface area contributed by atoms with Crippen LogP contribution >= 0.6 is 11.6 Å². The topological polar surface area (TPSA) is 113 Å². The smallest absolute Gasteiger partial charge is 0.264 e. The molecule has 0 spiro atoms. The van der Waals surface area contributed by atoms with Gasteiger partial charge in [0.1, 0.15) is 12.3 Å². The second kappa shape index (κ2) is 11.5. The number of rotatable bonds is 9. The molecule has 1 saturated heterocycles. The highest BCUT2D eigenvalue weighted by molar-refractivity contribution is 7.92. The van der Waals surface area contributed by atoms with E-state index in [-0.39, 0.29) is 26.9 Å². The number of methoxy groups -OCH3 is 1. The van der Waals surface area contributed by atoms with Gasteiger partial charge in [-0.1, -0.05) is 35.4 Å². The van der Waals surface area contributed by atoms with Gasteiger partial charge in [0.25, 0.3) is 10.0 Å². The van der Waals surface area contributed by atoms with Crippen molar-refractivity contribution in [2.75, 3.05) is 36.4 Å². The Morgan fingerprint density at radius 2 is 1.59 bits per heavy atom. The molecule has 0 bridgehead atoms. The minimum atomic E-state index is -4.17. The zero-order valence-corrected chi connectivity index (χ0v) is 24.2. The van der Waals surface area contributed by atoms with Crippen molar-refractivity contribution < 1.29 is 26.4 Å². The summed E-state index contributed by atoms with van der Waals surface area (Å²) in [6.45, 7) is 3.89. The van der Waals surface area contributed by atoms with Crippen LogP contribution < -0.4 is 14.4 Å². The molecule has 1 heterocycles. The summed E-state index contributed by atoms with van der Waals surface area (Å²) in [5.74, 6) is -0.466. The molecule has 9 nitrogen and oxygen atoms in total. The molecule has 12 heteroatoms. The van der Waals surface area contributed by atoms with Crippen LogP contribution in [-0.2, 0) is 24.8 Å². The van der Waals surface area contributed by atoms with E-state index in [1.165, 1.54) is 47.8 Å². The molecule has 0 unspecified atom stereocenters. The molecule has 1 fully saturated rings. The van der Waals surface area contributed by atoms with E-state index in [0.29, 0.717) is 18.1 Å². The minimum Gasteiger partial charge on any atom is -0.495 e. The summed E-state index contributed by atoms with van der Waals surface area (Å²) in [5, 5.41) is 2.98. The van der Waals surface area contributed by atoms with Gasteiger partial charge < -0.3 is 10.1 Å². The third kappa shape index (κ3) is 6.22. The van der Waals surface area contributed by atoms with E-state index < -0.39 is 32.5 Å². The predicted molar refractivity (Wildman–Crippen MR) is 152 cm³/mol. The lowest BCUT2D eigenvalue weighted by Gasteiger charge is -2.25. The Hall–Kier alpha value is -3.12. The second-order valence-corrected chi connectivity index (χ2v) is 13.5. The van der Waals surface area contributed by atoms with Gasteiger partial charge in [-0.05, 0) is 74.7 Å². The molecule has 4 rings (SSSR count). The highest BCUT2D eigenvalue weighted by Gasteiger charge is 2.30. The Balaban J connectivity index is 1.68. The number of benzene rings is 3. The highest BCUT2D eigenvalue weighted by atomic mass is 35.5. The Kier molecular flexibility index (Phi) is 8.55.